The number of carboxylic acids is 1. The number of anilines is 1. The standard InChI is InChI=1S/C12H12F2N2O5/c13-9-3-7(16(19)20)4-10(14)12(9)15-1-2-21-6-8(15)5-11(17)18/h3-4,8H,1-2,5-6H2,(H,17,18). The average molecular weight is 302 g/mol. The van der Waals surface area contributed by atoms with Crippen molar-refractivity contribution >= 4 is 17.3 Å². The van der Waals surface area contributed by atoms with E-state index in [4.69, 9.17) is 9.84 Å². The van der Waals surface area contributed by atoms with Crippen LogP contribution in [0.4, 0.5) is 20.2 Å². The first-order valence-electron chi connectivity index (χ1n) is 6.09. The molecule has 0 spiro atoms. The number of hydrogen-bond donors (Lipinski definition) is 1. The number of rotatable bonds is 4. The Balaban J connectivity index is 2.38. The smallest absolute Gasteiger partial charge is 0.305 e. The van der Waals surface area contributed by atoms with Crippen LogP contribution in [0.2, 0.25) is 0 Å². The third-order valence-electron chi connectivity index (χ3n) is 3.14. The molecule has 0 bridgehead atoms. The number of non-ortho nitro benzene ring substituents is 1. The Morgan fingerprint density at radius 1 is 1.48 bits per heavy atom. The molecular formula is C12H12F2N2O5. The predicted octanol–water partition coefficient (Wildman–Crippen LogP) is 1.55. The van der Waals surface area contributed by atoms with E-state index in [0.717, 1.165) is 0 Å². The molecule has 2 rings (SSSR count). The summed E-state index contributed by atoms with van der Waals surface area (Å²) in [5.74, 6) is -3.32. The predicted molar refractivity (Wildman–Crippen MR) is 67.2 cm³/mol. The van der Waals surface area contributed by atoms with Gasteiger partial charge in [-0.1, -0.05) is 0 Å². The Morgan fingerprint density at radius 3 is 2.62 bits per heavy atom. The Labute approximate surface area is 117 Å². The van der Waals surface area contributed by atoms with Crippen LogP contribution in [0.1, 0.15) is 6.42 Å². The lowest BCUT2D eigenvalue weighted by molar-refractivity contribution is -0.385. The van der Waals surface area contributed by atoms with Crippen molar-refractivity contribution in [3.05, 3.63) is 33.9 Å². The van der Waals surface area contributed by atoms with Crippen LogP contribution in [0.25, 0.3) is 0 Å². The maximum atomic E-state index is 14.0. The molecule has 1 N–H and O–H groups in total. The maximum absolute atomic E-state index is 14.0. The lowest BCUT2D eigenvalue weighted by Crippen LogP contribution is -2.47. The van der Waals surface area contributed by atoms with Gasteiger partial charge in [0.05, 0.1) is 42.7 Å². The van der Waals surface area contributed by atoms with Gasteiger partial charge in [-0.3, -0.25) is 14.9 Å². The molecule has 0 aromatic heterocycles. The first kappa shape index (κ1) is 15.1. The molecule has 0 saturated carbocycles. The largest absolute Gasteiger partial charge is 0.481 e. The fourth-order valence-corrected chi connectivity index (χ4v) is 2.25. The van der Waals surface area contributed by atoms with Crippen molar-refractivity contribution in [1.29, 1.82) is 0 Å². The number of nitrogens with zero attached hydrogens (tertiary/aromatic N) is 2. The molecule has 1 fully saturated rings. The normalized spacial score (nSPS) is 18.6. The molecule has 21 heavy (non-hydrogen) atoms. The van der Waals surface area contributed by atoms with Gasteiger partial charge < -0.3 is 14.7 Å². The summed E-state index contributed by atoms with van der Waals surface area (Å²) in [4.78, 5) is 21.7. The Kier molecular flexibility index (Phi) is 4.32. The number of aliphatic carboxylic acids is 1. The minimum atomic E-state index is -1.13. The Bertz CT molecular complexity index is 558. The number of carbonyl (C=O) groups is 1. The fourth-order valence-electron chi connectivity index (χ4n) is 2.25. The summed E-state index contributed by atoms with van der Waals surface area (Å²) in [5.41, 5.74) is -1.16. The van der Waals surface area contributed by atoms with Crippen LogP contribution in [0, 0.1) is 21.7 Å². The van der Waals surface area contributed by atoms with Gasteiger partial charge in [0.1, 0.15) is 5.69 Å². The number of halogens is 2. The van der Waals surface area contributed by atoms with Crippen molar-refractivity contribution in [3.63, 3.8) is 0 Å². The number of carboxylic acid groups (broad SMARTS) is 1. The number of nitro benzene ring substituents is 1. The third-order valence-corrected chi connectivity index (χ3v) is 3.14. The van der Waals surface area contributed by atoms with E-state index in [1.165, 1.54) is 4.90 Å². The second-order valence-corrected chi connectivity index (χ2v) is 4.54. The summed E-state index contributed by atoms with van der Waals surface area (Å²) in [6.45, 7) is 0.303. The molecule has 0 aliphatic carbocycles. The van der Waals surface area contributed by atoms with Crippen molar-refractivity contribution in [2.75, 3.05) is 24.7 Å². The maximum Gasteiger partial charge on any atom is 0.305 e. The van der Waals surface area contributed by atoms with Gasteiger partial charge >= 0.3 is 5.97 Å². The minimum absolute atomic E-state index is 0.0160. The van der Waals surface area contributed by atoms with E-state index in [9.17, 15) is 23.7 Å². The molecule has 1 aromatic rings. The van der Waals surface area contributed by atoms with E-state index < -0.39 is 39.9 Å². The van der Waals surface area contributed by atoms with E-state index in [1.807, 2.05) is 0 Å². The van der Waals surface area contributed by atoms with Crippen LogP contribution in [-0.4, -0.2) is 41.8 Å². The quantitative estimate of drug-likeness (QED) is 0.670. The molecule has 0 radical (unpaired) electrons. The summed E-state index contributed by atoms with van der Waals surface area (Å²) < 4.78 is 33.1. The van der Waals surface area contributed by atoms with E-state index in [-0.39, 0.29) is 26.2 Å². The molecule has 1 heterocycles. The van der Waals surface area contributed by atoms with Gasteiger partial charge in [0.15, 0.2) is 11.6 Å². The highest BCUT2D eigenvalue weighted by molar-refractivity contribution is 5.69. The van der Waals surface area contributed by atoms with Crippen LogP contribution >= 0.6 is 0 Å². The second-order valence-electron chi connectivity index (χ2n) is 4.54. The summed E-state index contributed by atoms with van der Waals surface area (Å²) in [6.07, 6.45) is -0.351. The molecule has 1 aliphatic heterocycles. The summed E-state index contributed by atoms with van der Waals surface area (Å²) >= 11 is 0. The average Bonchev–Trinajstić information content (AvgIpc) is 2.39. The molecule has 1 unspecified atom stereocenters. The highest BCUT2D eigenvalue weighted by Crippen LogP contribution is 2.31. The van der Waals surface area contributed by atoms with Crippen molar-refractivity contribution in [3.8, 4) is 0 Å². The van der Waals surface area contributed by atoms with Gasteiger partial charge in [0.2, 0.25) is 0 Å². The second kappa shape index (κ2) is 6.00. The zero-order valence-corrected chi connectivity index (χ0v) is 10.8. The zero-order chi connectivity index (χ0) is 15.6. The number of hydrogen-bond acceptors (Lipinski definition) is 5. The van der Waals surface area contributed by atoms with Gasteiger partial charge in [-0.05, 0) is 0 Å². The van der Waals surface area contributed by atoms with Crippen molar-refractivity contribution in [2.24, 2.45) is 0 Å². The third kappa shape index (κ3) is 3.24. The van der Waals surface area contributed by atoms with E-state index >= 15 is 0 Å². The van der Waals surface area contributed by atoms with E-state index in [0.29, 0.717) is 12.1 Å². The summed E-state index contributed by atoms with van der Waals surface area (Å²) in [7, 11) is 0. The molecule has 1 aromatic carbocycles. The van der Waals surface area contributed by atoms with Crippen molar-refractivity contribution in [2.45, 2.75) is 12.5 Å². The lowest BCUT2D eigenvalue weighted by Gasteiger charge is -2.36. The molecule has 0 amide bonds. The topological polar surface area (TPSA) is 92.9 Å². The molecule has 1 saturated heterocycles. The highest BCUT2D eigenvalue weighted by atomic mass is 19.1. The summed E-state index contributed by atoms with van der Waals surface area (Å²) in [6, 6.07) is 0.499. The zero-order valence-electron chi connectivity index (χ0n) is 10.8. The number of morpholine rings is 1. The molecule has 9 heteroatoms. The Hall–Kier alpha value is -2.29. The first-order chi connectivity index (χ1) is 9.90. The van der Waals surface area contributed by atoms with Crippen molar-refractivity contribution in [1.82, 2.24) is 0 Å². The van der Waals surface area contributed by atoms with Crippen LogP contribution in [-0.2, 0) is 9.53 Å². The molecule has 7 nitrogen and oxygen atoms in total. The minimum Gasteiger partial charge on any atom is -0.481 e. The summed E-state index contributed by atoms with van der Waals surface area (Å²) in [5, 5.41) is 19.4. The first-order valence-corrected chi connectivity index (χ1v) is 6.09. The Morgan fingerprint density at radius 2 is 2.10 bits per heavy atom. The fraction of sp³-hybridized carbons (Fsp3) is 0.417. The highest BCUT2D eigenvalue weighted by Gasteiger charge is 2.30. The monoisotopic (exact) mass is 302 g/mol. The van der Waals surface area contributed by atoms with Crippen molar-refractivity contribution < 1.29 is 28.3 Å². The van der Waals surface area contributed by atoms with Gasteiger partial charge in [-0.25, -0.2) is 8.78 Å². The van der Waals surface area contributed by atoms with E-state index in [2.05, 4.69) is 0 Å². The lowest BCUT2D eigenvalue weighted by atomic mass is 10.1. The number of nitro groups is 1. The van der Waals surface area contributed by atoms with E-state index in [1.54, 1.807) is 0 Å². The van der Waals surface area contributed by atoms with Crippen LogP contribution in [0.5, 0.6) is 0 Å². The van der Waals surface area contributed by atoms with Crippen LogP contribution < -0.4 is 4.90 Å². The van der Waals surface area contributed by atoms with Gasteiger partial charge in [0, 0.05) is 6.54 Å². The molecule has 1 atom stereocenters. The van der Waals surface area contributed by atoms with Gasteiger partial charge in [-0.15, -0.1) is 0 Å². The molecule has 114 valence electrons. The molecular weight excluding hydrogens is 290 g/mol. The molecule has 1 aliphatic rings. The van der Waals surface area contributed by atoms with Crippen LogP contribution in [0.15, 0.2) is 12.1 Å². The number of ether oxygens (including phenoxy) is 1. The number of benzene rings is 1. The van der Waals surface area contributed by atoms with Gasteiger partial charge in [0.25, 0.3) is 5.69 Å². The van der Waals surface area contributed by atoms with Gasteiger partial charge in [-0.2, -0.15) is 0 Å². The van der Waals surface area contributed by atoms with Crippen LogP contribution in [0.3, 0.4) is 0 Å². The SMILES string of the molecule is O=C(O)CC1COCCN1c1c(F)cc([N+](=O)[O-])cc1F.